The largest absolute Gasteiger partial charge is 0.484 e. The van der Waals surface area contributed by atoms with E-state index in [2.05, 4.69) is 49.4 Å². The second-order valence-electron chi connectivity index (χ2n) is 8.36. The van der Waals surface area contributed by atoms with Crippen LogP contribution in [0.2, 0.25) is 0 Å². The Morgan fingerprint density at radius 1 is 0.853 bits per heavy atom. The van der Waals surface area contributed by atoms with E-state index in [1.807, 2.05) is 54.6 Å². The van der Waals surface area contributed by atoms with E-state index in [0.717, 1.165) is 49.3 Å². The van der Waals surface area contributed by atoms with Crippen LogP contribution in [0, 0.1) is 0 Å². The molecular weight excluding hydrogens is 426 g/mol. The van der Waals surface area contributed by atoms with Gasteiger partial charge in [0.2, 0.25) is 0 Å². The summed E-state index contributed by atoms with van der Waals surface area (Å²) in [5, 5.41) is 5.03. The third kappa shape index (κ3) is 5.50. The lowest BCUT2D eigenvalue weighted by atomic mass is 10.1. The van der Waals surface area contributed by atoms with Crippen molar-refractivity contribution < 1.29 is 9.53 Å². The predicted octanol–water partition coefficient (Wildman–Crippen LogP) is 3.97. The molecule has 7 heteroatoms. The van der Waals surface area contributed by atoms with E-state index in [0.29, 0.717) is 11.6 Å². The number of ether oxygens (including phenoxy) is 1. The maximum Gasteiger partial charge on any atom is 0.263 e. The number of fused-ring (bicyclic) bond motifs is 1. The highest BCUT2D eigenvalue weighted by atomic mass is 16.5. The number of benzene rings is 3. The molecule has 1 N–H and O–H groups in total. The molecule has 7 nitrogen and oxygen atoms in total. The number of rotatable bonds is 7. The molecule has 0 spiro atoms. The van der Waals surface area contributed by atoms with Crippen LogP contribution in [0.3, 0.4) is 0 Å². The minimum Gasteiger partial charge on any atom is -0.484 e. The van der Waals surface area contributed by atoms with Crippen molar-refractivity contribution in [3.8, 4) is 5.75 Å². The highest BCUT2D eigenvalue weighted by Crippen LogP contribution is 2.21. The first-order chi connectivity index (χ1) is 16.7. The van der Waals surface area contributed by atoms with Crippen LogP contribution in [0.4, 0.5) is 11.6 Å². The summed E-state index contributed by atoms with van der Waals surface area (Å²) in [6, 6.07) is 26.2. The lowest BCUT2D eigenvalue weighted by Crippen LogP contribution is -2.46. The Labute approximate surface area is 199 Å². The molecule has 4 aromatic rings. The van der Waals surface area contributed by atoms with Crippen molar-refractivity contribution in [2.24, 2.45) is 0 Å². The molecule has 1 saturated heterocycles. The van der Waals surface area contributed by atoms with Gasteiger partial charge in [0.25, 0.3) is 5.91 Å². The summed E-state index contributed by atoms with van der Waals surface area (Å²) in [4.78, 5) is 25.7. The van der Waals surface area contributed by atoms with E-state index >= 15 is 0 Å². The van der Waals surface area contributed by atoms with E-state index in [4.69, 9.17) is 4.74 Å². The molecule has 0 unspecified atom stereocenters. The zero-order chi connectivity index (χ0) is 23.2. The standard InChI is InChI=1S/C27H27N5O2/c33-27(19-34-24-11-10-22-8-4-5-9-23(22)16-24)30-25-17-26(29-20-28-25)32-14-12-31(13-15-32)18-21-6-2-1-3-7-21/h1-11,16-17,20H,12-15,18-19H2,(H,28,29,30,33). The summed E-state index contributed by atoms with van der Waals surface area (Å²) in [7, 11) is 0. The molecule has 0 atom stereocenters. The Morgan fingerprint density at radius 2 is 1.62 bits per heavy atom. The van der Waals surface area contributed by atoms with Crippen LogP contribution in [0.1, 0.15) is 5.56 Å². The molecule has 1 aliphatic heterocycles. The molecule has 1 fully saturated rings. The van der Waals surface area contributed by atoms with Gasteiger partial charge in [-0.2, -0.15) is 0 Å². The summed E-state index contributed by atoms with van der Waals surface area (Å²) in [5.41, 5.74) is 1.33. The van der Waals surface area contributed by atoms with Crippen LogP contribution < -0.4 is 15.0 Å². The zero-order valence-corrected chi connectivity index (χ0v) is 18.9. The third-order valence-electron chi connectivity index (χ3n) is 5.96. The molecule has 2 heterocycles. The maximum absolute atomic E-state index is 12.4. The maximum atomic E-state index is 12.4. The molecule has 0 radical (unpaired) electrons. The van der Waals surface area contributed by atoms with Gasteiger partial charge in [-0.3, -0.25) is 9.69 Å². The van der Waals surface area contributed by atoms with Gasteiger partial charge in [0.15, 0.2) is 6.61 Å². The van der Waals surface area contributed by atoms with Crippen LogP contribution in [0.15, 0.2) is 85.2 Å². The van der Waals surface area contributed by atoms with Crippen molar-refractivity contribution in [1.29, 1.82) is 0 Å². The second kappa shape index (κ2) is 10.3. The lowest BCUT2D eigenvalue weighted by molar-refractivity contribution is -0.118. The number of hydrogen-bond donors (Lipinski definition) is 1. The molecule has 172 valence electrons. The van der Waals surface area contributed by atoms with E-state index in [1.54, 1.807) is 0 Å². The fourth-order valence-corrected chi connectivity index (χ4v) is 4.15. The third-order valence-corrected chi connectivity index (χ3v) is 5.96. The van der Waals surface area contributed by atoms with Gasteiger partial charge < -0.3 is 15.0 Å². The van der Waals surface area contributed by atoms with E-state index in [-0.39, 0.29) is 12.5 Å². The number of carbonyl (C=O) groups is 1. The first kappa shape index (κ1) is 21.9. The van der Waals surface area contributed by atoms with Crippen LogP contribution >= 0.6 is 0 Å². The predicted molar refractivity (Wildman–Crippen MR) is 134 cm³/mol. The quantitative estimate of drug-likeness (QED) is 0.457. The number of carbonyl (C=O) groups excluding carboxylic acids is 1. The summed E-state index contributed by atoms with van der Waals surface area (Å²) < 4.78 is 5.68. The molecule has 34 heavy (non-hydrogen) atoms. The molecule has 3 aromatic carbocycles. The summed E-state index contributed by atoms with van der Waals surface area (Å²) in [6.07, 6.45) is 1.49. The van der Waals surface area contributed by atoms with Gasteiger partial charge in [-0.1, -0.05) is 60.7 Å². The van der Waals surface area contributed by atoms with Gasteiger partial charge in [0, 0.05) is 38.8 Å². The first-order valence-corrected chi connectivity index (χ1v) is 11.5. The minimum absolute atomic E-state index is 0.0875. The number of nitrogens with one attached hydrogen (secondary N) is 1. The van der Waals surface area contributed by atoms with Gasteiger partial charge in [-0.25, -0.2) is 9.97 Å². The molecule has 1 amide bonds. The first-order valence-electron chi connectivity index (χ1n) is 11.5. The number of aromatic nitrogens is 2. The van der Waals surface area contributed by atoms with Crippen LogP contribution in [0.25, 0.3) is 10.8 Å². The van der Waals surface area contributed by atoms with Crippen molar-refractivity contribution in [3.63, 3.8) is 0 Å². The molecule has 0 aliphatic carbocycles. The van der Waals surface area contributed by atoms with E-state index < -0.39 is 0 Å². The Kier molecular flexibility index (Phi) is 6.63. The fourth-order valence-electron chi connectivity index (χ4n) is 4.15. The SMILES string of the molecule is O=C(COc1ccc2ccccc2c1)Nc1cc(N2CCN(Cc3ccccc3)CC2)ncn1. The van der Waals surface area contributed by atoms with E-state index in [9.17, 15) is 4.79 Å². The lowest BCUT2D eigenvalue weighted by Gasteiger charge is -2.35. The smallest absolute Gasteiger partial charge is 0.263 e. The van der Waals surface area contributed by atoms with Gasteiger partial charge in [0.1, 0.15) is 23.7 Å². The Balaban J connectivity index is 1.13. The van der Waals surface area contributed by atoms with Crippen molar-refractivity contribution in [3.05, 3.63) is 90.8 Å². The highest BCUT2D eigenvalue weighted by molar-refractivity contribution is 5.91. The summed E-state index contributed by atoms with van der Waals surface area (Å²) >= 11 is 0. The van der Waals surface area contributed by atoms with Crippen LogP contribution in [-0.4, -0.2) is 53.6 Å². The Bertz CT molecular complexity index is 1260. The summed E-state index contributed by atoms with van der Waals surface area (Å²) in [6.45, 7) is 4.54. The fraction of sp³-hybridized carbons (Fsp3) is 0.222. The summed E-state index contributed by atoms with van der Waals surface area (Å²) in [5.74, 6) is 1.69. The topological polar surface area (TPSA) is 70.6 Å². The van der Waals surface area contributed by atoms with Gasteiger partial charge in [-0.05, 0) is 28.5 Å². The second-order valence-corrected chi connectivity index (χ2v) is 8.36. The van der Waals surface area contributed by atoms with Gasteiger partial charge in [0.05, 0.1) is 0 Å². The van der Waals surface area contributed by atoms with Crippen molar-refractivity contribution in [2.45, 2.75) is 6.54 Å². The van der Waals surface area contributed by atoms with Crippen molar-refractivity contribution >= 4 is 28.3 Å². The minimum atomic E-state index is -0.259. The molecule has 1 aliphatic rings. The van der Waals surface area contributed by atoms with Gasteiger partial charge in [-0.15, -0.1) is 0 Å². The number of nitrogens with zero attached hydrogens (tertiary/aromatic N) is 4. The molecule has 0 saturated carbocycles. The number of piperazine rings is 1. The van der Waals surface area contributed by atoms with Crippen LogP contribution in [0.5, 0.6) is 5.75 Å². The normalized spacial score (nSPS) is 14.2. The van der Waals surface area contributed by atoms with Gasteiger partial charge >= 0.3 is 0 Å². The monoisotopic (exact) mass is 453 g/mol. The molecular formula is C27H27N5O2. The number of hydrogen-bond acceptors (Lipinski definition) is 6. The molecule has 0 bridgehead atoms. The average molecular weight is 454 g/mol. The van der Waals surface area contributed by atoms with Crippen LogP contribution in [-0.2, 0) is 11.3 Å². The number of anilines is 2. The van der Waals surface area contributed by atoms with E-state index in [1.165, 1.54) is 11.9 Å². The zero-order valence-electron chi connectivity index (χ0n) is 18.9. The number of amides is 1. The molecule has 5 rings (SSSR count). The Morgan fingerprint density at radius 3 is 2.44 bits per heavy atom. The van der Waals surface area contributed by atoms with Crippen molar-refractivity contribution in [1.82, 2.24) is 14.9 Å². The van der Waals surface area contributed by atoms with Crippen molar-refractivity contribution in [2.75, 3.05) is 43.0 Å². The highest BCUT2D eigenvalue weighted by Gasteiger charge is 2.19. The molecule has 1 aromatic heterocycles. The Hall–Kier alpha value is -3.97. The average Bonchev–Trinajstić information content (AvgIpc) is 2.88.